The first-order chi connectivity index (χ1) is 12.1. The van der Waals surface area contributed by atoms with Crippen LogP contribution in [0.15, 0.2) is 39.7 Å². The number of hydrogen-bond donors (Lipinski definition) is 0. The highest BCUT2D eigenvalue weighted by molar-refractivity contribution is 8.18. The summed E-state index contributed by atoms with van der Waals surface area (Å²) in [4.78, 5) is 23.1. The topological polar surface area (TPSA) is 64.0 Å². The lowest BCUT2D eigenvalue weighted by atomic mass is 10.2. The van der Waals surface area contributed by atoms with Gasteiger partial charge in [-0.1, -0.05) is 6.07 Å². The maximum atomic E-state index is 12.5. The predicted octanol–water partition coefficient (Wildman–Crippen LogP) is 3.78. The molecule has 1 fully saturated rings. The van der Waals surface area contributed by atoms with E-state index in [0.29, 0.717) is 33.3 Å². The molecule has 3 rings (SSSR count). The molecule has 0 bridgehead atoms. The summed E-state index contributed by atoms with van der Waals surface area (Å²) in [6, 6.07) is 5.58. The van der Waals surface area contributed by atoms with Crippen molar-refractivity contribution in [2.45, 2.75) is 6.92 Å². The fraction of sp³-hybridized carbons (Fsp3) is 0.235. The Labute approximate surface area is 154 Å². The molecule has 6 nitrogen and oxygen atoms in total. The quantitative estimate of drug-likeness (QED) is 0.744. The predicted molar refractivity (Wildman–Crippen MR) is 102 cm³/mol. The SMILES string of the molecule is CCOc1ccc(/C=C2\S/C(=N/c3nccs3)N(C)C2=O)cc1OC. The normalized spacial score (nSPS) is 17.6. The monoisotopic (exact) mass is 375 g/mol. The van der Waals surface area contributed by atoms with E-state index in [2.05, 4.69) is 9.98 Å². The third kappa shape index (κ3) is 3.85. The van der Waals surface area contributed by atoms with E-state index in [1.165, 1.54) is 28.0 Å². The van der Waals surface area contributed by atoms with Gasteiger partial charge in [0.25, 0.3) is 5.91 Å². The minimum absolute atomic E-state index is 0.0897. The first-order valence-electron chi connectivity index (χ1n) is 7.59. The van der Waals surface area contributed by atoms with Gasteiger partial charge >= 0.3 is 0 Å². The molecule has 130 valence electrons. The van der Waals surface area contributed by atoms with Crippen LogP contribution < -0.4 is 9.47 Å². The zero-order valence-electron chi connectivity index (χ0n) is 14.1. The van der Waals surface area contributed by atoms with Gasteiger partial charge in [0.05, 0.1) is 18.6 Å². The fourth-order valence-electron chi connectivity index (χ4n) is 2.20. The van der Waals surface area contributed by atoms with Crippen molar-refractivity contribution in [2.24, 2.45) is 4.99 Å². The Kier molecular flexibility index (Phi) is 5.40. The van der Waals surface area contributed by atoms with E-state index >= 15 is 0 Å². The van der Waals surface area contributed by atoms with Gasteiger partial charge in [-0.05, 0) is 42.5 Å². The number of amides is 1. The van der Waals surface area contributed by atoms with Gasteiger partial charge in [0.2, 0.25) is 5.13 Å². The largest absolute Gasteiger partial charge is 0.493 e. The van der Waals surface area contributed by atoms with Crippen LogP contribution in [0.25, 0.3) is 6.08 Å². The van der Waals surface area contributed by atoms with Crippen molar-refractivity contribution >= 4 is 45.4 Å². The number of likely N-dealkylation sites (N-methyl/N-ethyl adjacent to an activating group) is 1. The summed E-state index contributed by atoms with van der Waals surface area (Å²) >= 11 is 2.76. The summed E-state index contributed by atoms with van der Waals surface area (Å²) in [7, 11) is 3.30. The van der Waals surface area contributed by atoms with Crippen LogP contribution in [-0.2, 0) is 4.79 Å². The number of thiazole rings is 1. The maximum Gasteiger partial charge on any atom is 0.266 e. The smallest absolute Gasteiger partial charge is 0.266 e. The molecule has 0 spiro atoms. The summed E-state index contributed by atoms with van der Waals surface area (Å²) in [6.45, 7) is 2.48. The molecule has 0 atom stereocenters. The van der Waals surface area contributed by atoms with Crippen molar-refractivity contribution in [3.63, 3.8) is 0 Å². The lowest BCUT2D eigenvalue weighted by Gasteiger charge is -2.09. The Morgan fingerprint density at radius 1 is 1.36 bits per heavy atom. The molecule has 8 heteroatoms. The maximum absolute atomic E-state index is 12.5. The van der Waals surface area contributed by atoms with Crippen molar-refractivity contribution in [3.05, 3.63) is 40.2 Å². The lowest BCUT2D eigenvalue weighted by molar-refractivity contribution is -0.121. The van der Waals surface area contributed by atoms with Gasteiger partial charge in [-0.25, -0.2) is 4.98 Å². The van der Waals surface area contributed by atoms with Gasteiger partial charge in [-0.2, -0.15) is 4.99 Å². The van der Waals surface area contributed by atoms with Crippen LogP contribution in [0.5, 0.6) is 11.5 Å². The molecular weight excluding hydrogens is 358 g/mol. The number of aromatic nitrogens is 1. The highest BCUT2D eigenvalue weighted by atomic mass is 32.2. The number of carbonyl (C=O) groups excluding carboxylic acids is 1. The molecule has 0 N–H and O–H groups in total. The number of thioether (sulfide) groups is 1. The number of benzene rings is 1. The zero-order valence-corrected chi connectivity index (χ0v) is 15.7. The average Bonchev–Trinajstić information content (AvgIpc) is 3.21. The highest BCUT2D eigenvalue weighted by Gasteiger charge is 2.30. The van der Waals surface area contributed by atoms with Gasteiger partial charge in [0, 0.05) is 18.6 Å². The second kappa shape index (κ2) is 7.71. The number of methoxy groups -OCH3 is 1. The first kappa shape index (κ1) is 17.5. The summed E-state index contributed by atoms with van der Waals surface area (Å²) in [5, 5.41) is 3.10. The van der Waals surface area contributed by atoms with Crippen molar-refractivity contribution in [3.8, 4) is 11.5 Å². The average molecular weight is 375 g/mol. The molecule has 25 heavy (non-hydrogen) atoms. The summed E-state index contributed by atoms with van der Waals surface area (Å²) < 4.78 is 10.9. The molecule has 2 aromatic rings. The summed E-state index contributed by atoms with van der Waals surface area (Å²) in [6.07, 6.45) is 3.51. The van der Waals surface area contributed by atoms with Crippen LogP contribution in [-0.4, -0.2) is 41.7 Å². The number of aliphatic imine (C=N–C) groups is 1. The van der Waals surface area contributed by atoms with E-state index in [0.717, 1.165) is 5.56 Å². The lowest BCUT2D eigenvalue weighted by Crippen LogP contribution is -2.23. The first-order valence-corrected chi connectivity index (χ1v) is 9.28. The Morgan fingerprint density at radius 3 is 2.88 bits per heavy atom. The number of rotatable bonds is 5. The standard InChI is InChI=1S/C17H17N3O3S2/c1-4-23-12-6-5-11(9-13(12)22-3)10-14-15(21)20(2)17(25-14)19-16-18-7-8-24-16/h5-10H,4H2,1-3H3/b14-10-,19-17+. The Morgan fingerprint density at radius 2 is 2.20 bits per heavy atom. The number of hydrogen-bond acceptors (Lipinski definition) is 7. The second-order valence-corrected chi connectivity index (χ2v) is 6.91. The van der Waals surface area contributed by atoms with Crippen LogP contribution in [0, 0.1) is 0 Å². The molecule has 1 aromatic heterocycles. The van der Waals surface area contributed by atoms with Gasteiger partial charge in [-0.3, -0.25) is 9.69 Å². The minimum atomic E-state index is -0.0897. The molecule has 0 unspecified atom stereocenters. The number of carbonyl (C=O) groups is 1. The van der Waals surface area contributed by atoms with Gasteiger partial charge < -0.3 is 9.47 Å². The fourth-order valence-corrected chi connectivity index (χ4v) is 3.73. The van der Waals surface area contributed by atoms with E-state index in [9.17, 15) is 4.79 Å². The molecule has 0 saturated carbocycles. The molecule has 1 aliphatic heterocycles. The van der Waals surface area contributed by atoms with E-state index in [4.69, 9.17) is 9.47 Å². The molecule has 1 aliphatic rings. The van der Waals surface area contributed by atoms with Crippen molar-refractivity contribution in [2.75, 3.05) is 20.8 Å². The highest BCUT2D eigenvalue weighted by Crippen LogP contribution is 2.35. The van der Waals surface area contributed by atoms with Gasteiger partial charge in [-0.15, -0.1) is 11.3 Å². The number of amidine groups is 1. The third-order valence-electron chi connectivity index (χ3n) is 3.40. The van der Waals surface area contributed by atoms with E-state index in [1.54, 1.807) is 20.4 Å². The van der Waals surface area contributed by atoms with Crippen LogP contribution >= 0.6 is 23.1 Å². The Hall–Kier alpha value is -2.32. The summed E-state index contributed by atoms with van der Waals surface area (Å²) in [5.74, 6) is 1.23. The van der Waals surface area contributed by atoms with Crippen LogP contribution in [0.1, 0.15) is 12.5 Å². The minimum Gasteiger partial charge on any atom is -0.493 e. The zero-order chi connectivity index (χ0) is 17.8. The molecule has 0 radical (unpaired) electrons. The van der Waals surface area contributed by atoms with Crippen molar-refractivity contribution in [1.82, 2.24) is 9.88 Å². The molecule has 1 aromatic carbocycles. The number of nitrogens with zero attached hydrogens (tertiary/aromatic N) is 3. The van der Waals surface area contributed by atoms with Crippen molar-refractivity contribution < 1.29 is 14.3 Å². The Bertz CT molecular complexity index is 832. The molecular formula is C17H17N3O3S2. The molecule has 2 heterocycles. The van der Waals surface area contributed by atoms with E-state index < -0.39 is 0 Å². The van der Waals surface area contributed by atoms with Gasteiger partial charge in [0.15, 0.2) is 16.7 Å². The second-order valence-electron chi connectivity index (χ2n) is 5.03. The molecule has 1 saturated heterocycles. The van der Waals surface area contributed by atoms with Crippen LogP contribution in [0.3, 0.4) is 0 Å². The van der Waals surface area contributed by atoms with Gasteiger partial charge in [0.1, 0.15) is 0 Å². The number of ether oxygens (including phenoxy) is 2. The summed E-state index contributed by atoms with van der Waals surface area (Å²) in [5.41, 5.74) is 0.861. The van der Waals surface area contributed by atoms with Crippen LogP contribution in [0.4, 0.5) is 5.13 Å². The van der Waals surface area contributed by atoms with E-state index in [1.807, 2.05) is 36.6 Å². The van der Waals surface area contributed by atoms with E-state index in [-0.39, 0.29) is 5.91 Å². The molecule has 1 amide bonds. The Balaban J connectivity index is 1.87. The van der Waals surface area contributed by atoms with Crippen LogP contribution in [0.2, 0.25) is 0 Å². The third-order valence-corrected chi connectivity index (χ3v) is 5.12. The van der Waals surface area contributed by atoms with Crippen molar-refractivity contribution in [1.29, 1.82) is 0 Å². The molecule has 0 aliphatic carbocycles.